The molecule has 1 fully saturated rings. The molecule has 2 atom stereocenters. The highest BCUT2D eigenvalue weighted by Crippen LogP contribution is 2.35. The fourth-order valence-electron chi connectivity index (χ4n) is 5.51. The summed E-state index contributed by atoms with van der Waals surface area (Å²) in [5.74, 6) is -1.10. The number of fused-ring (bicyclic) bond motifs is 1. The number of ketones is 1. The van der Waals surface area contributed by atoms with Gasteiger partial charge in [-0.2, -0.15) is 0 Å². The van der Waals surface area contributed by atoms with E-state index < -0.39 is 18.1 Å². The molecule has 3 N–H and O–H groups in total. The molecule has 1 amide bonds. The molecule has 9 heteroatoms. The number of halogens is 1. The maximum absolute atomic E-state index is 14.0. The fourth-order valence-corrected chi connectivity index (χ4v) is 5.69. The second kappa shape index (κ2) is 12.9. The quantitative estimate of drug-likeness (QED) is 0.204. The number of benzene rings is 3. The summed E-state index contributed by atoms with van der Waals surface area (Å²) in [6.45, 7) is 6.89. The van der Waals surface area contributed by atoms with Gasteiger partial charge in [0.05, 0.1) is 0 Å². The molecule has 2 aliphatic heterocycles. The molecule has 41 heavy (non-hydrogen) atoms. The number of piperazine rings is 1. The predicted octanol–water partition coefficient (Wildman–Crippen LogP) is 5.16. The van der Waals surface area contributed by atoms with Gasteiger partial charge in [0.15, 0.2) is 11.8 Å². The van der Waals surface area contributed by atoms with E-state index in [0.717, 1.165) is 29.8 Å². The predicted molar refractivity (Wildman–Crippen MR) is 161 cm³/mol. The van der Waals surface area contributed by atoms with E-state index in [-0.39, 0.29) is 11.7 Å². The van der Waals surface area contributed by atoms with Crippen LogP contribution in [-0.2, 0) is 9.53 Å². The SMILES string of the molecule is Cc1ccccc1C(=O)Nc1ccc(C(=O)C(C(=O)OC2CCCNc3ccc(Cl)cc32)N2CCNCC2)c(C)c1. The third-order valence-corrected chi connectivity index (χ3v) is 7.94. The number of ether oxygens (including phenoxy) is 1. The van der Waals surface area contributed by atoms with Crippen molar-refractivity contribution in [2.75, 3.05) is 43.4 Å². The molecule has 0 aliphatic carbocycles. The highest BCUT2D eigenvalue weighted by atomic mass is 35.5. The summed E-state index contributed by atoms with van der Waals surface area (Å²) in [5.41, 5.74) is 4.83. The molecule has 8 nitrogen and oxygen atoms in total. The lowest BCUT2D eigenvalue weighted by atomic mass is 9.97. The lowest BCUT2D eigenvalue weighted by Crippen LogP contribution is -2.55. The Kier molecular flexibility index (Phi) is 9.03. The van der Waals surface area contributed by atoms with Crippen LogP contribution in [0.3, 0.4) is 0 Å². The average molecular weight is 575 g/mol. The average Bonchev–Trinajstić information content (AvgIpc) is 3.15. The Bertz CT molecular complexity index is 1450. The van der Waals surface area contributed by atoms with Crippen molar-refractivity contribution >= 4 is 40.6 Å². The standard InChI is InChI=1S/C32H35ClN4O4/c1-20-6-3-4-7-25(20)31(39)36-23-10-11-24(21(2)18-23)30(38)29(37-16-14-34-15-17-37)32(40)41-28-8-5-13-35-27-12-9-22(33)19-26(27)28/h3-4,6-7,9-12,18-19,28-29,34-35H,5,8,13-17H2,1-2H3,(H,36,39). The number of nitrogens with one attached hydrogen (secondary N) is 3. The maximum atomic E-state index is 14.0. The van der Waals surface area contributed by atoms with Gasteiger partial charge in [0.25, 0.3) is 5.91 Å². The van der Waals surface area contributed by atoms with Crippen LogP contribution in [0.2, 0.25) is 5.02 Å². The Hall–Kier alpha value is -3.72. The summed E-state index contributed by atoms with van der Waals surface area (Å²) >= 11 is 6.29. The van der Waals surface area contributed by atoms with Gasteiger partial charge in [-0.1, -0.05) is 29.8 Å². The number of esters is 1. The van der Waals surface area contributed by atoms with Gasteiger partial charge >= 0.3 is 5.97 Å². The second-order valence-electron chi connectivity index (χ2n) is 10.6. The molecule has 214 valence electrons. The van der Waals surface area contributed by atoms with Crippen LogP contribution >= 0.6 is 11.6 Å². The summed E-state index contributed by atoms with van der Waals surface area (Å²) in [7, 11) is 0. The van der Waals surface area contributed by atoms with Gasteiger partial charge in [-0.25, -0.2) is 4.79 Å². The van der Waals surface area contributed by atoms with Crippen molar-refractivity contribution in [2.45, 2.75) is 38.8 Å². The molecular weight excluding hydrogens is 540 g/mol. The Balaban J connectivity index is 1.38. The fraction of sp³-hybridized carbons (Fsp3) is 0.344. The zero-order chi connectivity index (χ0) is 28.9. The number of hydrogen-bond acceptors (Lipinski definition) is 7. The Morgan fingerprint density at radius 2 is 1.73 bits per heavy atom. The van der Waals surface area contributed by atoms with E-state index in [2.05, 4.69) is 16.0 Å². The molecule has 2 heterocycles. The zero-order valence-electron chi connectivity index (χ0n) is 23.3. The minimum absolute atomic E-state index is 0.220. The van der Waals surface area contributed by atoms with Gasteiger partial charge in [-0.05, 0) is 80.3 Å². The number of rotatable bonds is 7. The van der Waals surface area contributed by atoms with Crippen molar-refractivity contribution in [3.8, 4) is 0 Å². The zero-order valence-corrected chi connectivity index (χ0v) is 24.1. The van der Waals surface area contributed by atoms with Crippen LogP contribution in [0.4, 0.5) is 11.4 Å². The largest absolute Gasteiger partial charge is 0.456 e. The third kappa shape index (κ3) is 6.62. The number of hydrogen-bond donors (Lipinski definition) is 3. The van der Waals surface area contributed by atoms with E-state index in [0.29, 0.717) is 60.0 Å². The first-order valence-electron chi connectivity index (χ1n) is 14.0. The minimum atomic E-state index is -1.08. The monoisotopic (exact) mass is 574 g/mol. The highest BCUT2D eigenvalue weighted by molar-refractivity contribution is 6.30. The van der Waals surface area contributed by atoms with E-state index in [1.807, 2.05) is 49.1 Å². The van der Waals surface area contributed by atoms with Crippen molar-refractivity contribution < 1.29 is 19.1 Å². The summed E-state index contributed by atoms with van der Waals surface area (Å²) in [6, 6.07) is 17.0. The Morgan fingerprint density at radius 1 is 0.951 bits per heavy atom. The minimum Gasteiger partial charge on any atom is -0.456 e. The van der Waals surface area contributed by atoms with Crippen LogP contribution in [0.15, 0.2) is 60.7 Å². The molecule has 0 spiro atoms. The molecule has 5 rings (SSSR count). The Morgan fingerprint density at radius 3 is 2.49 bits per heavy atom. The molecule has 0 bridgehead atoms. The van der Waals surface area contributed by atoms with Crippen molar-refractivity contribution in [1.82, 2.24) is 10.2 Å². The van der Waals surface area contributed by atoms with Crippen LogP contribution in [0.1, 0.15) is 56.4 Å². The first-order valence-corrected chi connectivity index (χ1v) is 14.4. The number of carbonyl (C=O) groups excluding carboxylic acids is 3. The van der Waals surface area contributed by atoms with Crippen molar-refractivity contribution in [1.29, 1.82) is 0 Å². The highest BCUT2D eigenvalue weighted by Gasteiger charge is 2.38. The van der Waals surface area contributed by atoms with Crippen molar-refractivity contribution in [2.24, 2.45) is 0 Å². The molecule has 0 saturated carbocycles. The second-order valence-corrected chi connectivity index (χ2v) is 11.0. The summed E-state index contributed by atoms with van der Waals surface area (Å²) in [4.78, 5) is 42.6. The van der Waals surface area contributed by atoms with E-state index in [1.165, 1.54) is 0 Å². The first-order chi connectivity index (χ1) is 19.8. The van der Waals surface area contributed by atoms with Crippen molar-refractivity contribution in [3.63, 3.8) is 0 Å². The molecule has 2 unspecified atom stereocenters. The number of aryl methyl sites for hydroxylation is 2. The van der Waals surface area contributed by atoms with Crippen LogP contribution in [0.25, 0.3) is 0 Å². The number of carbonyl (C=O) groups is 3. The summed E-state index contributed by atoms with van der Waals surface area (Å²) in [6.07, 6.45) is 0.929. The Labute approximate surface area is 245 Å². The van der Waals surface area contributed by atoms with Gasteiger partial charge in [0, 0.05) is 65.8 Å². The van der Waals surface area contributed by atoms with Gasteiger partial charge in [-0.15, -0.1) is 0 Å². The molecule has 1 saturated heterocycles. The summed E-state index contributed by atoms with van der Waals surface area (Å²) in [5, 5.41) is 10.1. The third-order valence-electron chi connectivity index (χ3n) is 7.71. The molecule has 2 aliphatic rings. The van der Waals surface area contributed by atoms with Crippen LogP contribution in [-0.4, -0.2) is 61.3 Å². The van der Waals surface area contributed by atoms with Gasteiger partial charge in [0.2, 0.25) is 0 Å². The van der Waals surface area contributed by atoms with E-state index in [1.54, 1.807) is 30.3 Å². The number of Topliss-reactive ketones (excluding diaryl/α,β-unsaturated/α-hetero) is 1. The molecule has 3 aromatic rings. The molecular formula is C32H35ClN4O4. The van der Waals surface area contributed by atoms with E-state index in [4.69, 9.17) is 16.3 Å². The van der Waals surface area contributed by atoms with Crippen LogP contribution in [0, 0.1) is 13.8 Å². The topological polar surface area (TPSA) is 99.8 Å². The molecule has 3 aromatic carbocycles. The number of anilines is 2. The lowest BCUT2D eigenvalue weighted by molar-refractivity contribution is -0.154. The maximum Gasteiger partial charge on any atom is 0.332 e. The lowest BCUT2D eigenvalue weighted by Gasteiger charge is -2.33. The van der Waals surface area contributed by atoms with E-state index >= 15 is 0 Å². The number of amides is 1. The first kappa shape index (κ1) is 28.8. The molecule has 0 radical (unpaired) electrons. The van der Waals surface area contributed by atoms with E-state index in [9.17, 15) is 14.4 Å². The van der Waals surface area contributed by atoms with Crippen LogP contribution in [0.5, 0.6) is 0 Å². The van der Waals surface area contributed by atoms with Crippen LogP contribution < -0.4 is 16.0 Å². The van der Waals surface area contributed by atoms with Crippen molar-refractivity contribution in [3.05, 3.63) is 93.5 Å². The summed E-state index contributed by atoms with van der Waals surface area (Å²) < 4.78 is 6.11. The van der Waals surface area contributed by atoms with Gasteiger partial charge in [-0.3, -0.25) is 14.5 Å². The normalized spacial score (nSPS) is 17.9. The number of nitrogens with zero attached hydrogens (tertiary/aromatic N) is 1. The molecule has 0 aromatic heterocycles. The van der Waals surface area contributed by atoms with Gasteiger partial charge < -0.3 is 20.7 Å². The van der Waals surface area contributed by atoms with Gasteiger partial charge in [0.1, 0.15) is 6.10 Å². The smallest absolute Gasteiger partial charge is 0.332 e.